The van der Waals surface area contributed by atoms with Gasteiger partial charge in [0, 0.05) is 12.4 Å². The van der Waals surface area contributed by atoms with Gasteiger partial charge in [-0.2, -0.15) is 0 Å². The highest BCUT2D eigenvalue weighted by Crippen LogP contribution is 2.62. The summed E-state index contributed by atoms with van der Waals surface area (Å²) in [5.74, 6) is 0. The molecule has 6 aromatic carbocycles. The van der Waals surface area contributed by atoms with Crippen LogP contribution in [-0.2, 0) is 5.41 Å². The molecule has 50 heavy (non-hydrogen) atoms. The molecule has 0 bridgehead atoms. The summed E-state index contributed by atoms with van der Waals surface area (Å²) in [6.07, 6.45) is 3.74. The van der Waals surface area contributed by atoms with Crippen molar-refractivity contribution in [3.63, 3.8) is 0 Å². The van der Waals surface area contributed by atoms with Crippen LogP contribution < -0.4 is 5.43 Å². The molecule has 2 aliphatic rings. The minimum absolute atomic E-state index is 0.00419. The Morgan fingerprint density at radius 3 is 1.76 bits per heavy atom. The summed E-state index contributed by atoms with van der Waals surface area (Å²) in [6, 6.07) is 50.8. The fourth-order valence-electron chi connectivity index (χ4n) is 8.56. The zero-order chi connectivity index (χ0) is 33.0. The predicted molar refractivity (Wildman–Crippen MR) is 200 cm³/mol. The molecule has 11 rings (SSSR count). The summed E-state index contributed by atoms with van der Waals surface area (Å²) < 4.78 is 6.16. The van der Waals surface area contributed by atoms with E-state index < -0.39 is 5.41 Å². The highest BCUT2D eigenvalue weighted by molar-refractivity contribution is 5.97. The van der Waals surface area contributed by atoms with E-state index in [4.69, 9.17) is 14.4 Å². The summed E-state index contributed by atoms with van der Waals surface area (Å²) in [5.41, 5.74) is 14.5. The maximum absolute atomic E-state index is 13.1. The average Bonchev–Trinajstić information content (AvgIpc) is 3.64. The maximum atomic E-state index is 13.1. The molecule has 0 aliphatic heterocycles. The molecule has 3 heterocycles. The largest absolute Gasteiger partial charge is 0.456 e. The van der Waals surface area contributed by atoms with Crippen LogP contribution in [-0.4, -0.2) is 9.97 Å². The fraction of sp³-hybridized carbons (Fsp3) is 0.0217. The van der Waals surface area contributed by atoms with Crippen molar-refractivity contribution in [3.8, 4) is 44.8 Å². The van der Waals surface area contributed by atoms with E-state index >= 15 is 0 Å². The predicted octanol–water partition coefficient (Wildman–Crippen LogP) is 10.6. The molecule has 2 aliphatic carbocycles. The van der Waals surface area contributed by atoms with Gasteiger partial charge in [-0.3, -0.25) is 14.8 Å². The van der Waals surface area contributed by atoms with E-state index in [-0.39, 0.29) is 5.43 Å². The van der Waals surface area contributed by atoms with E-state index in [1.807, 2.05) is 67.0 Å². The molecule has 0 unspecified atom stereocenters. The molecular weight excluding hydrogens is 613 g/mol. The van der Waals surface area contributed by atoms with Crippen molar-refractivity contribution < 1.29 is 4.42 Å². The Morgan fingerprint density at radius 2 is 1.00 bits per heavy atom. The van der Waals surface area contributed by atoms with E-state index in [1.165, 1.54) is 38.9 Å². The second-order valence-corrected chi connectivity index (χ2v) is 13.3. The van der Waals surface area contributed by atoms with Crippen molar-refractivity contribution in [1.82, 2.24) is 9.97 Å². The highest BCUT2D eigenvalue weighted by Gasteiger charge is 2.52. The summed E-state index contributed by atoms with van der Waals surface area (Å²) in [4.78, 5) is 22.8. The molecule has 0 N–H and O–H groups in total. The highest BCUT2D eigenvalue weighted by atomic mass is 16.3. The van der Waals surface area contributed by atoms with E-state index in [0.29, 0.717) is 21.9 Å². The summed E-state index contributed by atoms with van der Waals surface area (Å²) in [7, 11) is 0. The second-order valence-electron chi connectivity index (χ2n) is 13.3. The number of hydrogen-bond donors (Lipinski definition) is 0. The van der Waals surface area contributed by atoms with Gasteiger partial charge in [0.1, 0.15) is 11.2 Å². The number of fused-ring (bicyclic) bond motifs is 13. The number of benzene rings is 6. The van der Waals surface area contributed by atoms with Crippen LogP contribution in [0.15, 0.2) is 167 Å². The van der Waals surface area contributed by atoms with Gasteiger partial charge in [-0.05, 0) is 121 Å². The first-order valence-corrected chi connectivity index (χ1v) is 16.8. The monoisotopic (exact) mass is 638 g/mol. The third kappa shape index (κ3) is 3.57. The Kier molecular flexibility index (Phi) is 5.43. The van der Waals surface area contributed by atoms with Crippen LogP contribution in [0.2, 0.25) is 0 Å². The normalized spacial score (nSPS) is 13.4. The number of rotatable bonds is 2. The summed E-state index contributed by atoms with van der Waals surface area (Å²) >= 11 is 0. The number of nitrogens with zero attached hydrogens (tertiary/aromatic N) is 2. The standard InChI is InChI=1S/C46H26N2O2/c49-45-35-8-2-4-12-41(35)50-42-26-32(18-20-36(42)45)30-16-14-27-23-29(15-13-28(27)24-30)31-17-19-34-33-7-1-3-9-37(33)46(40(34)25-31)38-10-5-21-47-43(38)44-39(46)11-6-22-48-44/h1-26H. The number of para-hydroxylation sites is 1. The fourth-order valence-corrected chi connectivity index (χ4v) is 8.56. The van der Waals surface area contributed by atoms with E-state index in [9.17, 15) is 4.79 Å². The Bertz CT molecular complexity index is 2910. The first kappa shape index (κ1) is 27.3. The first-order valence-electron chi connectivity index (χ1n) is 16.8. The molecule has 0 saturated carbocycles. The number of pyridine rings is 2. The average molecular weight is 639 g/mol. The smallest absolute Gasteiger partial charge is 0.200 e. The molecular formula is C46H26N2O2. The maximum Gasteiger partial charge on any atom is 0.200 e. The first-order chi connectivity index (χ1) is 24.7. The van der Waals surface area contributed by atoms with Crippen LogP contribution in [0.1, 0.15) is 22.3 Å². The second kappa shape index (κ2) is 9.94. The lowest BCUT2D eigenvalue weighted by molar-refractivity contribution is 0.660. The molecule has 9 aromatic rings. The van der Waals surface area contributed by atoms with E-state index in [2.05, 4.69) is 91.0 Å². The Morgan fingerprint density at radius 1 is 0.440 bits per heavy atom. The van der Waals surface area contributed by atoms with Crippen LogP contribution in [0.4, 0.5) is 0 Å². The topological polar surface area (TPSA) is 56.0 Å². The lowest BCUT2D eigenvalue weighted by Crippen LogP contribution is -2.26. The van der Waals surface area contributed by atoms with Crippen molar-refractivity contribution in [2.75, 3.05) is 0 Å². The minimum Gasteiger partial charge on any atom is -0.456 e. The summed E-state index contributed by atoms with van der Waals surface area (Å²) in [5, 5.41) is 3.50. The van der Waals surface area contributed by atoms with Gasteiger partial charge in [-0.25, -0.2) is 0 Å². The molecule has 0 atom stereocenters. The van der Waals surface area contributed by atoms with Crippen LogP contribution in [0, 0.1) is 0 Å². The van der Waals surface area contributed by atoms with Crippen LogP contribution in [0.25, 0.3) is 77.5 Å². The number of aromatic nitrogens is 2. The molecule has 4 heteroatoms. The van der Waals surface area contributed by atoms with Crippen molar-refractivity contribution in [3.05, 3.63) is 190 Å². The van der Waals surface area contributed by atoms with Gasteiger partial charge in [-0.15, -0.1) is 0 Å². The molecule has 3 aromatic heterocycles. The SMILES string of the molecule is O=c1c2ccccc2oc2cc(-c3ccc4cc(-c5ccc6c(c5)C5(c7ccccc7-6)c6cccnc6-c6ncccc65)ccc4c3)ccc12. The van der Waals surface area contributed by atoms with Gasteiger partial charge < -0.3 is 4.42 Å². The Labute approximate surface area is 287 Å². The summed E-state index contributed by atoms with van der Waals surface area (Å²) in [6.45, 7) is 0. The zero-order valence-corrected chi connectivity index (χ0v) is 26.7. The van der Waals surface area contributed by atoms with Gasteiger partial charge in [-0.1, -0.05) is 91.0 Å². The van der Waals surface area contributed by atoms with Gasteiger partial charge in [0.05, 0.1) is 27.6 Å². The quantitative estimate of drug-likeness (QED) is 0.177. The van der Waals surface area contributed by atoms with E-state index in [0.717, 1.165) is 38.9 Å². The third-order valence-corrected chi connectivity index (χ3v) is 10.8. The van der Waals surface area contributed by atoms with Crippen LogP contribution >= 0.6 is 0 Å². The Hall–Kier alpha value is -6.65. The van der Waals surface area contributed by atoms with Gasteiger partial charge >= 0.3 is 0 Å². The number of hydrogen-bond acceptors (Lipinski definition) is 4. The van der Waals surface area contributed by atoms with Crippen molar-refractivity contribution in [1.29, 1.82) is 0 Å². The lowest BCUT2D eigenvalue weighted by Gasteiger charge is -2.30. The van der Waals surface area contributed by atoms with Crippen LogP contribution in [0.3, 0.4) is 0 Å². The van der Waals surface area contributed by atoms with Crippen molar-refractivity contribution in [2.45, 2.75) is 5.41 Å². The van der Waals surface area contributed by atoms with Crippen molar-refractivity contribution in [2.24, 2.45) is 0 Å². The zero-order valence-electron chi connectivity index (χ0n) is 26.7. The molecule has 0 amide bonds. The van der Waals surface area contributed by atoms with Crippen LogP contribution in [0.5, 0.6) is 0 Å². The lowest BCUT2D eigenvalue weighted by atomic mass is 9.70. The molecule has 232 valence electrons. The van der Waals surface area contributed by atoms with E-state index in [1.54, 1.807) is 0 Å². The minimum atomic E-state index is -0.480. The molecule has 0 fully saturated rings. The van der Waals surface area contributed by atoms with Gasteiger partial charge in [0.25, 0.3) is 0 Å². The molecule has 1 spiro atoms. The molecule has 4 nitrogen and oxygen atoms in total. The van der Waals surface area contributed by atoms with Crippen molar-refractivity contribution >= 4 is 32.7 Å². The molecule has 0 radical (unpaired) electrons. The van der Waals surface area contributed by atoms with Gasteiger partial charge in [0.15, 0.2) is 0 Å². The third-order valence-electron chi connectivity index (χ3n) is 10.8. The van der Waals surface area contributed by atoms with Gasteiger partial charge in [0.2, 0.25) is 5.43 Å². The Balaban J connectivity index is 1.03. The molecule has 0 saturated heterocycles.